The fraction of sp³-hybridized carbons (Fsp3) is 0.400. The number of para-hydroxylation sites is 2. The van der Waals surface area contributed by atoms with Crippen LogP contribution in [0.3, 0.4) is 0 Å². The summed E-state index contributed by atoms with van der Waals surface area (Å²) in [5, 5.41) is 0. The van der Waals surface area contributed by atoms with Gasteiger partial charge in [-0.25, -0.2) is 0 Å². The lowest BCUT2D eigenvalue weighted by Gasteiger charge is -2.37. The Balaban J connectivity index is 2.32. The molecule has 0 heterocycles. The van der Waals surface area contributed by atoms with Gasteiger partial charge in [-0.05, 0) is 44.0 Å². The molecule has 0 fully saturated rings. The van der Waals surface area contributed by atoms with Crippen molar-refractivity contribution in [3.05, 3.63) is 60.7 Å². The fourth-order valence-corrected chi connectivity index (χ4v) is 3.17. The fourth-order valence-electron chi connectivity index (χ4n) is 3.17. The van der Waals surface area contributed by atoms with Gasteiger partial charge >= 0.3 is 0 Å². The molecule has 0 N–H and O–H groups in total. The molecule has 0 aliphatic rings. The molecule has 0 unspecified atom stereocenters. The zero-order chi connectivity index (χ0) is 15.0. The number of unbranched alkanes of at least 4 members (excludes halogenated alkanes) is 3. The topological polar surface area (TPSA) is 0 Å². The summed E-state index contributed by atoms with van der Waals surface area (Å²) in [6.07, 6.45) is 5.25. The Morgan fingerprint density at radius 3 is 1.62 bits per heavy atom. The van der Waals surface area contributed by atoms with Gasteiger partial charge < -0.3 is 0 Å². The highest BCUT2D eigenvalue weighted by atomic mass is 15.4. The van der Waals surface area contributed by atoms with Crippen LogP contribution in [0.25, 0.3) is 0 Å². The van der Waals surface area contributed by atoms with Crippen LogP contribution in [0.2, 0.25) is 0 Å². The normalized spacial score (nSPS) is 11.5. The molecular formula is C20H28N+. The van der Waals surface area contributed by atoms with Crippen LogP contribution in [0.1, 0.15) is 39.5 Å². The minimum Gasteiger partial charge on any atom is -0.259 e. The molecule has 0 aromatic heterocycles. The predicted molar refractivity (Wildman–Crippen MR) is 93.9 cm³/mol. The third kappa shape index (κ3) is 3.74. The third-order valence-electron chi connectivity index (χ3n) is 4.43. The van der Waals surface area contributed by atoms with Crippen LogP contribution in [0, 0.1) is 0 Å². The van der Waals surface area contributed by atoms with Gasteiger partial charge in [0.25, 0.3) is 0 Å². The number of benzene rings is 2. The average molecular weight is 282 g/mol. The number of rotatable bonds is 8. The number of hydrogen-bond acceptors (Lipinski definition) is 0. The molecule has 0 radical (unpaired) electrons. The van der Waals surface area contributed by atoms with Gasteiger partial charge in [0.05, 0.1) is 13.1 Å². The lowest BCUT2D eigenvalue weighted by atomic mass is 10.1. The lowest BCUT2D eigenvalue weighted by Crippen LogP contribution is -2.44. The van der Waals surface area contributed by atoms with E-state index < -0.39 is 0 Å². The molecule has 0 saturated heterocycles. The van der Waals surface area contributed by atoms with Crippen molar-refractivity contribution in [2.24, 2.45) is 0 Å². The SMILES string of the molecule is CCCCCC[N+](CC)(c1ccccc1)c1ccccc1. The predicted octanol–water partition coefficient (Wildman–Crippen LogP) is 5.93. The summed E-state index contributed by atoms with van der Waals surface area (Å²) in [5.74, 6) is 0. The van der Waals surface area contributed by atoms with Crippen LogP contribution < -0.4 is 4.48 Å². The van der Waals surface area contributed by atoms with Crippen molar-refractivity contribution >= 4 is 11.4 Å². The van der Waals surface area contributed by atoms with E-state index in [1.54, 1.807) is 0 Å². The van der Waals surface area contributed by atoms with Crippen molar-refractivity contribution < 1.29 is 0 Å². The van der Waals surface area contributed by atoms with Gasteiger partial charge in [-0.3, -0.25) is 4.48 Å². The molecule has 1 nitrogen and oxygen atoms in total. The van der Waals surface area contributed by atoms with E-state index in [1.807, 2.05) is 0 Å². The molecule has 21 heavy (non-hydrogen) atoms. The van der Waals surface area contributed by atoms with Crippen molar-refractivity contribution in [2.45, 2.75) is 39.5 Å². The van der Waals surface area contributed by atoms with Crippen LogP contribution in [0.5, 0.6) is 0 Å². The first-order chi connectivity index (χ1) is 10.3. The van der Waals surface area contributed by atoms with Crippen LogP contribution in [0.15, 0.2) is 60.7 Å². The van der Waals surface area contributed by atoms with Crippen molar-refractivity contribution in [3.8, 4) is 0 Å². The number of quaternary nitrogens is 1. The van der Waals surface area contributed by atoms with Crippen LogP contribution >= 0.6 is 0 Å². The second-order valence-corrected chi connectivity index (χ2v) is 5.74. The standard InChI is InChI=1S/C20H28N/c1-3-5-6-13-18-21(4-2,19-14-9-7-10-15-19)20-16-11-8-12-17-20/h7-12,14-17H,3-6,13,18H2,1-2H3/q+1. The summed E-state index contributed by atoms with van der Waals surface area (Å²) in [4.78, 5) is 0. The highest BCUT2D eigenvalue weighted by Gasteiger charge is 2.30. The Labute approximate surface area is 129 Å². The monoisotopic (exact) mass is 282 g/mol. The van der Waals surface area contributed by atoms with Crippen LogP contribution in [-0.4, -0.2) is 13.1 Å². The minimum atomic E-state index is 0.964. The average Bonchev–Trinajstić information content (AvgIpc) is 2.57. The second kappa shape index (κ2) is 7.99. The zero-order valence-corrected chi connectivity index (χ0v) is 13.5. The van der Waals surface area contributed by atoms with E-state index in [9.17, 15) is 0 Å². The van der Waals surface area contributed by atoms with Gasteiger partial charge in [0.15, 0.2) is 0 Å². The Bertz CT molecular complexity index is 464. The molecule has 2 aromatic carbocycles. The van der Waals surface area contributed by atoms with E-state index in [0.29, 0.717) is 0 Å². The first-order valence-electron chi connectivity index (χ1n) is 8.32. The Kier molecular flexibility index (Phi) is 6.01. The molecule has 2 rings (SSSR count). The molecule has 0 atom stereocenters. The summed E-state index contributed by atoms with van der Waals surface area (Å²) in [6, 6.07) is 21.9. The van der Waals surface area contributed by atoms with E-state index in [-0.39, 0.29) is 0 Å². The molecule has 0 aliphatic carbocycles. The van der Waals surface area contributed by atoms with Crippen LogP contribution in [-0.2, 0) is 0 Å². The second-order valence-electron chi connectivity index (χ2n) is 5.74. The number of nitrogens with zero attached hydrogens (tertiary/aromatic N) is 1. The molecule has 1 heteroatoms. The summed E-state index contributed by atoms with van der Waals surface area (Å²) in [7, 11) is 0. The Morgan fingerprint density at radius 2 is 1.19 bits per heavy atom. The summed E-state index contributed by atoms with van der Waals surface area (Å²) in [5.41, 5.74) is 2.81. The van der Waals surface area contributed by atoms with Gasteiger partial charge in [0.2, 0.25) is 0 Å². The molecule has 112 valence electrons. The smallest absolute Gasteiger partial charge is 0.137 e. The highest BCUT2D eigenvalue weighted by Crippen LogP contribution is 2.34. The maximum atomic E-state index is 2.31. The third-order valence-corrected chi connectivity index (χ3v) is 4.43. The van der Waals surface area contributed by atoms with Crippen molar-refractivity contribution in [1.82, 2.24) is 4.48 Å². The highest BCUT2D eigenvalue weighted by molar-refractivity contribution is 5.58. The first-order valence-corrected chi connectivity index (χ1v) is 8.32. The molecule has 0 saturated carbocycles. The van der Waals surface area contributed by atoms with E-state index in [2.05, 4.69) is 74.5 Å². The summed E-state index contributed by atoms with van der Waals surface area (Å²) in [6.45, 7) is 6.86. The van der Waals surface area contributed by atoms with E-state index in [1.165, 1.54) is 43.6 Å². The zero-order valence-electron chi connectivity index (χ0n) is 13.5. The molecule has 2 aromatic rings. The lowest BCUT2D eigenvalue weighted by molar-refractivity contribution is 0.384. The Morgan fingerprint density at radius 1 is 0.667 bits per heavy atom. The van der Waals surface area contributed by atoms with E-state index in [0.717, 1.165) is 11.0 Å². The molecule has 0 spiro atoms. The quantitative estimate of drug-likeness (QED) is 0.416. The van der Waals surface area contributed by atoms with Gasteiger partial charge in [-0.15, -0.1) is 0 Å². The minimum absolute atomic E-state index is 0.964. The van der Waals surface area contributed by atoms with Crippen molar-refractivity contribution in [3.63, 3.8) is 0 Å². The van der Waals surface area contributed by atoms with Gasteiger partial charge in [-0.1, -0.05) is 56.2 Å². The molecule has 0 aliphatic heterocycles. The van der Waals surface area contributed by atoms with Crippen molar-refractivity contribution in [1.29, 1.82) is 0 Å². The van der Waals surface area contributed by atoms with E-state index >= 15 is 0 Å². The van der Waals surface area contributed by atoms with Gasteiger partial charge in [0.1, 0.15) is 11.4 Å². The first kappa shape index (κ1) is 15.8. The van der Waals surface area contributed by atoms with Crippen LogP contribution in [0.4, 0.5) is 11.4 Å². The number of hydrogen-bond donors (Lipinski definition) is 0. The van der Waals surface area contributed by atoms with Crippen molar-refractivity contribution in [2.75, 3.05) is 13.1 Å². The summed E-state index contributed by atoms with van der Waals surface area (Å²) < 4.78 is 0.964. The van der Waals surface area contributed by atoms with Gasteiger partial charge in [0, 0.05) is 0 Å². The maximum absolute atomic E-state index is 2.31. The molecule has 0 bridgehead atoms. The molecule has 0 amide bonds. The van der Waals surface area contributed by atoms with Gasteiger partial charge in [-0.2, -0.15) is 0 Å². The summed E-state index contributed by atoms with van der Waals surface area (Å²) >= 11 is 0. The largest absolute Gasteiger partial charge is 0.259 e. The van der Waals surface area contributed by atoms with E-state index in [4.69, 9.17) is 0 Å². The molecular weight excluding hydrogens is 254 g/mol. The maximum Gasteiger partial charge on any atom is 0.137 e. The Hall–Kier alpha value is -1.60.